The lowest BCUT2D eigenvalue weighted by Crippen LogP contribution is -2.55. The molecular formula is C29H31N9O7. The molecule has 3 aromatic rings. The molecule has 1 N–H and O–H groups in total. The standard InChI is InChI=1S/C29H31N9O7/c39-23-6-7-24(40)38(23)45-25(41)8-14-44-15-13-36-19-22(33-34-36)21-16-30-27(31-17-21)35-11-9-29(10-12-35)26(42)37(28(43)32-29)18-20-4-2-1-3-5-20/h1-5,16-17,19H,6-15,18H2,(H,32,43). The van der Waals surface area contributed by atoms with Crippen LogP contribution in [0.5, 0.6) is 0 Å². The molecule has 45 heavy (non-hydrogen) atoms. The Morgan fingerprint density at radius 2 is 1.67 bits per heavy atom. The fourth-order valence-corrected chi connectivity index (χ4v) is 5.39. The van der Waals surface area contributed by atoms with Crippen LogP contribution in [0.15, 0.2) is 48.9 Å². The molecule has 3 fully saturated rings. The third-order valence-electron chi connectivity index (χ3n) is 7.92. The maximum absolute atomic E-state index is 13.3. The van der Waals surface area contributed by atoms with Crippen molar-refractivity contribution in [2.24, 2.45) is 0 Å². The highest BCUT2D eigenvalue weighted by molar-refractivity contribution is 6.07. The average Bonchev–Trinajstić information content (AvgIpc) is 3.72. The number of aromatic nitrogens is 5. The lowest BCUT2D eigenvalue weighted by molar-refractivity contribution is -0.198. The Hall–Kier alpha value is -5.25. The molecule has 2 aromatic heterocycles. The number of hydrogen-bond acceptors (Lipinski definition) is 12. The van der Waals surface area contributed by atoms with Gasteiger partial charge >= 0.3 is 12.0 Å². The molecule has 1 aromatic carbocycles. The number of carbonyl (C=O) groups excluding carboxylic acids is 5. The van der Waals surface area contributed by atoms with Crippen LogP contribution in [0.25, 0.3) is 11.3 Å². The number of amides is 5. The van der Waals surface area contributed by atoms with Crippen LogP contribution in [0, 0.1) is 0 Å². The molecule has 5 amide bonds. The van der Waals surface area contributed by atoms with E-state index >= 15 is 0 Å². The van der Waals surface area contributed by atoms with E-state index in [4.69, 9.17) is 9.57 Å². The second-order valence-electron chi connectivity index (χ2n) is 10.9. The van der Waals surface area contributed by atoms with Gasteiger partial charge in [-0.2, -0.15) is 0 Å². The van der Waals surface area contributed by atoms with E-state index in [1.54, 1.807) is 23.3 Å². The molecule has 0 unspecified atom stereocenters. The molecule has 0 saturated carbocycles. The third-order valence-corrected chi connectivity index (χ3v) is 7.92. The second-order valence-corrected chi connectivity index (χ2v) is 10.9. The van der Waals surface area contributed by atoms with Crippen molar-refractivity contribution in [1.29, 1.82) is 0 Å². The monoisotopic (exact) mass is 617 g/mol. The smallest absolute Gasteiger partial charge is 0.335 e. The summed E-state index contributed by atoms with van der Waals surface area (Å²) in [4.78, 5) is 77.9. The zero-order valence-electron chi connectivity index (χ0n) is 24.3. The highest BCUT2D eigenvalue weighted by atomic mass is 16.7. The second kappa shape index (κ2) is 12.8. The summed E-state index contributed by atoms with van der Waals surface area (Å²) in [5, 5.41) is 11.7. The highest BCUT2D eigenvalue weighted by Crippen LogP contribution is 2.31. The predicted octanol–water partition coefficient (Wildman–Crippen LogP) is 0.840. The van der Waals surface area contributed by atoms with Crippen molar-refractivity contribution < 1.29 is 33.5 Å². The Bertz CT molecular complexity index is 1570. The Morgan fingerprint density at radius 1 is 0.956 bits per heavy atom. The predicted molar refractivity (Wildman–Crippen MR) is 153 cm³/mol. The van der Waals surface area contributed by atoms with E-state index in [2.05, 4.69) is 25.6 Å². The molecule has 16 nitrogen and oxygen atoms in total. The molecule has 0 bridgehead atoms. The van der Waals surface area contributed by atoms with Gasteiger partial charge in [0.05, 0.1) is 38.9 Å². The van der Waals surface area contributed by atoms with Crippen molar-refractivity contribution >= 4 is 35.7 Å². The van der Waals surface area contributed by atoms with Crippen molar-refractivity contribution in [2.45, 2.75) is 50.7 Å². The molecule has 3 aliphatic heterocycles. The largest absolute Gasteiger partial charge is 0.379 e. The molecule has 1 spiro atoms. The normalized spacial score (nSPS) is 17.8. The number of piperidine rings is 1. The van der Waals surface area contributed by atoms with Crippen LogP contribution < -0.4 is 10.2 Å². The number of hydrogen-bond donors (Lipinski definition) is 1. The Kier molecular flexibility index (Phi) is 8.46. The Balaban J connectivity index is 0.944. The molecule has 3 aliphatic rings. The van der Waals surface area contributed by atoms with Gasteiger partial charge in [-0.1, -0.05) is 35.5 Å². The van der Waals surface area contributed by atoms with E-state index in [0.717, 1.165) is 5.56 Å². The van der Waals surface area contributed by atoms with E-state index in [0.29, 0.717) is 54.7 Å². The minimum absolute atomic E-state index is 0.0399. The average molecular weight is 618 g/mol. The molecule has 3 saturated heterocycles. The summed E-state index contributed by atoms with van der Waals surface area (Å²) in [6.07, 6.45) is 5.90. The quantitative estimate of drug-likeness (QED) is 0.182. The van der Waals surface area contributed by atoms with Crippen LogP contribution in [0.4, 0.5) is 10.7 Å². The van der Waals surface area contributed by atoms with Crippen molar-refractivity contribution in [3.05, 3.63) is 54.5 Å². The zero-order chi connectivity index (χ0) is 31.4. The van der Waals surface area contributed by atoms with E-state index in [1.807, 2.05) is 35.2 Å². The van der Waals surface area contributed by atoms with Crippen LogP contribution >= 0.6 is 0 Å². The molecule has 0 atom stereocenters. The van der Waals surface area contributed by atoms with Crippen molar-refractivity contribution in [1.82, 2.24) is 40.2 Å². The summed E-state index contributed by atoms with van der Waals surface area (Å²) in [5.41, 5.74) is 1.22. The van der Waals surface area contributed by atoms with Crippen LogP contribution in [-0.4, -0.2) is 96.5 Å². The van der Waals surface area contributed by atoms with E-state index in [1.165, 1.54) is 4.90 Å². The van der Waals surface area contributed by atoms with Gasteiger partial charge in [0.15, 0.2) is 0 Å². The number of imide groups is 2. The summed E-state index contributed by atoms with van der Waals surface area (Å²) in [6, 6.07) is 9.06. The molecule has 6 rings (SSSR count). The summed E-state index contributed by atoms with van der Waals surface area (Å²) >= 11 is 0. The Labute approximate surface area is 257 Å². The van der Waals surface area contributed by atoms with Gasteiger partial charge in [0, 0.05) is 43.9 Å². The topological polar surface area (TPSA) is 182 Å². The fraction of sp³-hybridized carbons (Fsp3) is 0.414. The lowest BCUT2D eigenvalue weighted by atomic mass is 9.87. The summed E-state index contributed by atoms with van der Waals surface area (Å²) in [6.45, 7) is 1.92. The van der Waals surface area contributed by atoms with Gasteiger partial charge in [0.1, 0.15) is 11.2 Å². The van der Waals surface area contributed by atoms with Crippen LogP contribution in [-0.2, 0) is 41.8 Å². The maximum Gasteiger partial charge on any atom is 0.335 e. The minimum Gasteiger partial charge on any atom is -0.379 e. The van der Waals surface area contributed by atoms with Gasteiger partial charge < -0.3 is 19.8 Å². The van der Waals surface area contributed by atoms with Crippen molar-refractivity contribution in [3.8, 4) is 11.3 Å². The molecule has 16 heteroatoms. The molecule has 0 radical (unpaired) electrons. The maximum atomic E-state index is 13.3. The van der Waals surface area contributed by atoms with Gasteiger partial charge in [-0.3, -0.25) is 19.3 Å². The summed E-state index contributed by atoms with van der Waals surface area (Å²) in [5.74, 6) is -1.46. The van der Waals surface area contributed by atoms with Gasteiger partial charge in [-0.25, -0.2) is 24.2 Å². The lowest BCUT2D eigenvalue weighted by Gasteiger charge is -2.37. The summed E-state index contributed by atoms with van der Waals surface area (Å²) < 4.78 is 7.03. The van der Waals surface area contributed by atoms with E-state index < -0.39 is 23.3 Å². The molecule has 0 aliphatic carbocycles. The summed E-state index contributed by atoms with van der Waals surface area (Å²) in [7, 11) is 0. The first-order chi connectivity index (χ1) is 21.8. The third kappa shape index (κ3) is 6.50. The van der Waals surface area contributed by atoms with Crippen LogP contribution in [0.1, 0.15) is 37.7 Å². The van der Waals surface area contributed by atoms with Crippen molar-refractivity contribution in [2.75, 3.05) is 31.2 Å². The van der Waals surface area contributed by atoms with Crippen molar-refractivity contribution in [3.63, 3.8) is 0 Å². The van der Waals surface area contributed by atoms with Crippen LogP contribution in [0.2, 0.25) is 0 Å². The zero-order valence-corrected chi connectivity index (χ0v) is 24.3. The number of hydroxylamine groups is 2. The van der Waals surface area contributed by atoms with Gasteiger partial charge in [-0.05, 0) is 18.4 Å². The minimum atomic E-state index is -0.914. The Morgan fingerprint density at radius 3 is 2.38 bits per heavy atom. The number of nitrogens with zero attached hydrogens (tertiary/aromatic N) is 8. The fourth-order valence-electron chi connectivity index (χ4n) is 5.39. The number of carbonyl (C=O) groups is 5. The molecular weight excluding hydrogens is 586 g/mol. The SMILES string of the molecule is O=C(CCOCCn1cc(-c2cnc(N3CCC4(CC3)NC(=O)N(Cc3ccccc3)C4=O)nc2)nn1)ON1C(=O)CCC1=O. The molecule has 5 heterocycles. The number of rotatable bonds is 11. The number of nitrogens with one attached hydrogen (secondary N) is 1. The first-order valence-electron chi connectivity index (χ1n) is 14.6. The first kappa shape index (κ1) is 29.8. The van der Waals surface area contributed by atoms with Gasteiger partial charge in [0.25, 0.3) is 17.7 Å². The number of benzene rings is 1. The molecule has 234 valence electrons. The van der Waals surface area contributed by atoms with E-state index in [9.17, 15) is 24.0 Å². The highest BCUT2D eigenvalue weighted by Gasteiger charge is 2.52. The van der Waals surface area contributed by atoms with E-state index in [-0.39, 0.29) is 51.0 Å². The first-order valence-corrected chi connectivity index (χ1v) is 14.6. The van der Waals surface area contributed by atoms with Gasteiger partial charge in [-0.15, -0.1) is 10.2 Å². The number of anilines is 1. The number of ether oxygens (including phenoxy) is 1. The van der Waals surface area contributed by atoms with Crippen LogP contribution in [0.3, 0.4) is 0 Å². The van der Waals surface area contributed by atoms with Gasteiger partial charge in [0.2, 0.25) is 5.95 Å². The number of urea groups is 1.